The fourth-order valence-electron chi connectivity index (χ4n) is 4.79. The summed E-state index contributed by atoms with van der Waals surface area (Å²) in [4.78, 5) is 13.1. The lowest BCUT2D eigenvalue weighted by Crippen LogP contribution is -2.46. The number of fused-ring (bicyclic) bond motifs is 1. The van der Waals surface area contributed by atoms with Crippen LogP contribution in [0.3, 0.4) is 0 Å². The van der Waals surface area contributed by atoms with Gasteiger partial charge in [-0.3, -0.25) is 4.79 Å². The van der Waals surface area contributed by atoms with Gasteiger partial charge in [0.2, 0.25) is 0 Å². The number of rotatable bonds is 4. The predicted octanol–water partition coefficient (Wildman–Crippen LogP) is 6.09. The van der Waals surface area contributed by atoms with Crippen molar-refractivity contribution in [2.24, 2.45) is 0 Å². The highest BCUT2D eigenvalue weighted by atomic mass is 16.5. The van der Waals surface area contributed by atoms with E-state index in [-0.39, 0.29) is 11.9 Å². The Bertz CT molecular complexity index is 1170. The van der Waals surface area contributed by atoms with Crippen LogP contribution in [0, 0.1) is 11.3 Å². The van der Waals surface area contributed by atoms with Crippen molar-refractivity contribution in [3.63, 3.8) is 0 Å². The highest BCUT2D eigenvalue weighted by Crippen LogP contribution is 2.43. The number of ketones is 1. The SMILES string of the molecule is N#Cc1cccc(-c2ccc3c(c2)C(=O)CC2(CCC(OCc4ccccc4)CC2)O3)c1. The molecule has 5 rings (SSSR count). The summed E-state index contributed by atoms with van der Waals surface area (Å²) in [5.74, 6) is 0.804. The number of nitriles is 1. The Labute approximate surface area is 188 Å². The Morgan fingerprint density at radius 2 is 1.75 bits per heavy atom. The molecule has 3 aromatic carbocycles. The van der Waals surface area contributed by atoms with Crippen LogP contribution in [0.4, 0.5) is 0 Å². The molecule has 0 N–H and O–H groups in total. The van der Waals surface area contributed by atoms with Crippen LogP contribution in [0.25, 0.3) is 11.1 Å². The van der Waals surface area contributed by atoms with E-state index < -0.39 is 5.60 Å². The number of benzene rings is 3. The number of ether oxygens (including phenoxy) is 2. The lowest BCUT2D eigenvalue weighted by atomic mass is 9.77. The maximum atomic E-state index is 13.1. The van der Waals surface area contributed by atoms with Gasteiger partial charge in [0, 0.05) is 0 Å². The van der Waals surface area contributed by atoms with Crippen molar-refractivity contribution in [2.45, 2.75) is 50.4 Å². The Kier molecular flexibility index (Phi) is 5.51. The van der Waals surface area contributed by atoms with E-state index in [1.165, 1.54) is 5.56 Å². The lowest BCUT2D eigenvalue weighted by Gasteiger charge is -2.42. The van der Waals surface area contributed by atoms with Gasteiger partial charge >= 0.3 is 0 Å². The van der Waals surface area contributed by atoms with Crippen molar-refractivity contribution in [1.82, 2.24) is 0 Å². The molecule has 1 aliphatic carbocycles. The first kappa shape index (κ1) is 20.5. The smallest absolute Gasteiger partial charge is 0.170 e. The molecule has 0 saturated heterocycles. The van der Waals surface area contributed by atoms with Crippen molar-refractivity contribution < 1.29 is 14.3 Å². The molecule has 0 radical (unpaired) electrons. The van der Waals surface area contributed by atoms with Crippen molar-refractivity contribution in [2.75, 3.05) is 0 Å². The number of hydrogen-bond donors (Lipinski definition) is 0. The van der Waals surface area contributed by atoms with Gasteiger partial charge in [-0.2, -0.15) is 5.26 Å². The van der Waals surface area contributed by atoms with Crippen molar-refractivity contribution in [1.29, 1.82) is 5.26 Å². The molecular weight excluding hydrogens is 398 g/mol. The quantitative estimate of drug-likeness (QED) is 0.510. The Hall–Kier alpha value is -3.42. The average molecular weight is 424 g/mol. The van der Waals surface area contributed by atoms with Crippen LogP contribution in [-0.2, 0) is 11.3 Å². The minimum Gasteiger partial charge on any atom is -0.486 e. The predicted molar refractivity (Wildman–Crippen MR) is 122 cm³/mol. The third kappa shape index (κ3) is 4.17. The Balaban J connectivity index is 1.27. The van der Waals surface area contributed by atoms with Crippen molar-refractivity contribution in [3.8, 4) is 22.9 Å². The molecule has 1 heterocycles. The molecule has 1 aliphatic heterocycles. The van der Waals surface area contributed by atoms with Gasteiger partial charge in [0.1, 0.15) is 11.4 Å². The number of carbonyl (C=O) groups is 1. The summed E-state index contributed by atoms with van der Waals surface area (Å²) in [6.07, 6.45) is 4.05. The second-order valence-corrected chi connectivity index (χ2v) is 8.78. The maximum Gasteiger partial charge on any atom is 0.170 e. The van der Waals surface area contributed by atoms with Crippen LogP contribution in [0.2, 0.25) is 0 Å². The molecule has 4 heteroatoms. The van der Waals surface area contributed by atoms with Crippen LogP contribution in [0.15, 0.2) is 72.8 Å². The van der Waals surface area contributed by atoms with Crippen LogP contribution in [-0.4, -0.2) is 17.5 Å². The highest BCUT2D eigenvalue weighted by Gasteiger charge is 2.43. The first-order valence-corrected chi connectivity index (χ1v) is 11.2. The number of Topliss-reactive ketones (excluding diaryl/α,β-unsaturated/α-hetero) is 1. The van der Waals surface area contributed by atoms with Gasteiger partial charge in [-0.05, 0) is 66.6 Å². The lowest BCUT2D eigenvalue weighted by molar-refractivity contribution is -0.0507. The van der Waals surface area contributed by atoms with Gasteiger partial charge < -0.3 is 9.47 Å². The zero-order chi connectivity index (χ0) is 22.0. The van der Waals surface area contributed by atoms with E-state index >= 15 is 0 Å². The number of carbonyl (C=O) groups excluding carboxylic acids is 1. The average Bonchev–Trinajstić information content (AvgIpc) is 2.84. The molecular formula is C28H25NO3. The standard InChI is InChI=1S/C28H25NO3/c29-18-21-7-4-8-22(15-21)23-9-10-27-25(16-23)26(30)17-28(32-27)13-11-24(12-14-28)31-19-20-5-2-1-3-6-20/h1-10,15-16,24H,11-14,17,19H2. The maximum absolute atomic E-state index is 13.1. The van der Waals surface area contributed by atoms with Gasteiger partial charge in [-0.1, -0.05) is 48.5 Å². The number of nitrogens with zero attached hydrogens (tertiary/aromatic N) is 1. The summed E-state index contributed by atoms with van der Waals surface area (Å²) in [5, 5.41) is 9.16. The fourth-order valence-corrected chi connectivity index (χ4v) is 4.79. The minimum absolute atomic E-state index is 0.133. The van der Waals surface area contributed by atoms with E-state index in [1.54, 1.807) is 6.07 Å². The first-order chi connectivity index (χ1) is 15.6. The van der Waals surface area contributed by atoms with Gasteiger partial charge in [-0.15, -0.1) is 0 Å². The second-order valence-electron chi connectivity index (χ2n) is 8.78. The topological polar surface area (TPSA) is 59.3 Å². The normalized spacial score (nSPS) is 22.1. The Morgan fingerprint density at radius 1 is 0.969 bits per heavy atom. The van der Waals surface area contributed by atoms with E-state index in [4.69, 9.17) is 14.7 Å². The summed E-state index contributed by atoms with van der Waals surface area (Å²) in [7, 11) is 0. The summed E-state index contributed by atoms with van der Waals surface area (Å²) in [6, 6.07) is 25.6. The van der Waals surface area contributed by atoms with Gasteiger partial charge in [0.25, 0.3) is 0 Å². The molecule has 0 atom stereocenters. The molecule has 0 amide bonds. The van der Waals surface area contributed by atoms with Crippen molar-refractivity contribution in [3.05, 3.63) is 89.5 Å². The van der Waals surface area contributed by atoms with Gasteiger partial charge in [0.05, 0.1) is 36.3 Å². The van der Waals surface area contributed by atoms with Gasteiger partial charge in [-0.25, -0.2) is 0 Å². The summed E-state index contributed by atoms with van der Waals surface area (Å²) >= 11 is 0. The molecule has 160 valence electrons. The highest BCUT2D eigenvalue weighted by molar-refractivity contribution is 6.01. The van der Waals surface area contributed by atoms with Crippen molar-refractivity contribution >= 4 is 5.78 Å². The molecule has 4 nitrogen and oxygen atoms in total. The van der Waals surface area contributed by atoms with E-state index in [1.807, 2.05) is 54.6 Å². The van der Waals surface area contributed by atoms with E-state index in [0.29, 0.717) is 29.9 Å². The minimum atomic E-state index is -0.418. The molecule has 0 aromatic heterocycles. The molecule has 1 saturated carbocycles. The summed E-state index contributed by atoms with van der Waals surface area (Å²) < 4.78 is 12.6. The second kappa shape index (κ2) is 8.61. The van der Waals surface area contributed by atoms with E-state index in [2.05, 4.69) is 18.2 Å². The monoisotopic (exact) mass is 423 g/mol. The molecule has 32 heavy (non-hydrogen) atoms. The third-order valence-electron chi connectivity index (χ3n) is 6.59. The summed E-state index contributed by atoms with van der Waals surface area (Å²) in [6.45, 7) is 0.622. The van der Waals surface area contributed by atoms with E-state index in [0.717, 1.165) is 36.8 Å². The zero-order valence-corrected chi connectivity index (χ0v) is 17.9. The molecule has 1 fully saturated rings. The Morgan fingerprint density at radius 3 is 2.53 bits per heavy atom. The largest absolute Gasteiger partial charge is 0.486 e. The molecule has 3 aromatic rings. The van der Waals surface area contributed by atoms with E-state index in [9.17, 15) is 4.79 Å². The van der Waals surface area contributed by atoms with Crippen LogP contribution < -0.4 is 4.74 Å². The van der Waals surface area contributed by atoms with Crippen LogP contribution >= 0.6 is 0 Å². The zero-order valence-electron chi connectivity index (χ0n) is 17.9. The van der Waals surface area contributed by atoms with Crippen LogP contribution in [0.1, 0.15) is 53.6 Å². The molecule has 1 spiro atoms. The van der Waals surface area contributed by atoms with Crippen LogP contribution in [0.5, 0.6) is 5.75 Å². The third-order valence-corrected chi connectivity index (χ3v) is 6.59. The van der Waals surface area contributed by atoms with Gasteiger partial charge in [0.15, 0.2) is 5.78 Å². The number of hydrogen-bond acceptors (Lipinski definition) is 4. The summed E-state index contributed by atoms with van der Waals surface area (Å²) in [5.41, 5.74) is 3.86. The molecule has 0 unspecified atom stereocenters. The first-order valence-electron chi connectivity index (χ1n) is 11.2. The molecule has 2 aliphatic rings. The fraction of sp³-hybridized carbons (Fsp3) is 0.286. The molecule has 0 bridgehead atoms.